The second-order valence-electron chi connectivity index (χ2n) is 16.8. The number of hydrogen-bond acceptors (Lipinski definition) is 17. The summed E-state index contributed by atoms with van der Waals surface area (Å²) in [5.74, 6) is -2.53. The van der Waals surface area contributed by atoms with E-state index in [9.17, 15) is 61.0 Å². The molecule has 2 bridgehead atoms. The molecule has 0 saturated heterocycles. The van der Waals surface area contributed by atoms with Crippen LogP contribution < -0.4 is 0 Å². The minimum Gasteiger partial charge on any atom is -0.506 e. The lowest BCUT2D eigenvalue weighted by Gasteiger charge is -2.64. The van der Waals surface area contributed by atoms with Crippen molar-refractivity contribution in [3.8, 4) is 0 Å². The van der Waals surface area contributed by atoms with Gasteiger partial charge in [-0.1, -0.05) is 19.9 Å². The maximum Gasteiger partial charge on any atom is 0.314 e. The Morgan fingerprint density at radius 1 is 0.782 bits per heavy atom. The van der Waals surface area contributed by atoms with Crippen LogP contribution in [0.2, 0.25) is 0 Å². The zero-order chi connectivity index (χ0) is 41.1. The molecule has 0 aromatic carbocycles. The first kappa shape index (κ1) is 45.7. The van der Waals surface area contributed by atoms with Crippen LogP contribution in [-0.2, 0) is 19.0 Å². The van der Waals surface area contributed by atoms with Crippen LogP contribution in [0.1, 0.15) is 97.3 Å². The number of fused-ring (bicyclic) bond motifs is 3. The minimum atomic E-state index is -2.12. The molecule has 318 valence electrons. The fourth-order valence-corrected chi connectivity index (χ4v) is 10.6. The molecule has 0 heterocycles. The summed E-state index contributed by atoms with van der Waals surface area (Å²) < 4.78 is 17.1. The fourth-order valence-electron chi connectivity index (χ4n) is 10.6. The van der Waals surface area contributed by atoms with E-state index in [1.807, 2.05) is 0 Å². The van der Waals surface area contributed by atoms with Gasteiger partial charge in [0.25, 0.3) is 0 Å². The van der Waals surface area contributed by atoms with Crippen molar-refractivity contribution in [3.63, 3.8) is 0 Å². The van der Waals surface area contributed by atoms with Crippen LogP contribution in [0, 0.1) is 28.1 Å². The Kier molecular flexibility index (Phi) is 15.2. The first-order chi connectivity index (χ1) is 25.8. The molecule has 13 N–H and O–H groups in total. The second-order valence-corrected chi connectivity index (χ2v) is 16.8. The molecule has 11 unspecified atom stereocenters. The highest BCUT2D eigenvalue weighted by atomic mass is 16.7. The monoisotopic (exact) mass is 792 g/mol. The van der Waals surface area contributed by atoms with Crippen molar-refractivity contribution in [2.45, 2.75) is 158 Å². The Morgan fingerprint density at radius 3 is 2.04 bits per heavy atom. The molecular weight excluding hydrogens is 728 g/mol. The highest BCUT2D eigenvalue weighted by Crippen LogP contribution is 2.73. The van der Waals surface area contributed by atoms with Crippen molar-refractivity contribution in [2.24, 2.45) is 28.1 Å². The molecule has 17 nitrogen and oxygen atoms in total. The molecule has 0 radical (unpaired) electrons. The highest BCUT2D eigenvalue weighted by molar-refractivity contribution is 5.77. The topological polar surface area (TPSA) is 308 Å². The maximum atomic E-state index is 13.8. The van der Waals surface area contributed by atoms with Crippen LogP contribution in [0.3, 0.4) is 0 Å². The van der Waals surface area contributed by atoms with E-state index in [4.69, 9.17) is 24.4 Å². The van der Waals surface area contributed by atoms with Gasteiger partial charge in [0.15, 0.2) is 17.8 Å². The normalized spacial score (nSPS) is 35.9. The van der Waals surface area contributed by atoms with E-state index in [2.05, 4.69) is 13.5 Å². The van der Waals surface area contributed by atoms with E-state index in [1.165, 1.54) is 0 Å². The van der Waals surface area contributed by atoms with Gasteiger partial charge in [-0.25, -0.2) is 0 Å². The molecule has 0 amide bonds. The third-order valence-electron chi connectivity index (χ3n) is 13.4. The number of hydrogen-bond donors (Lipinski definition) is 13. The van der Waals surface area contributed by atoms with Crippen molar-refractivity contribution in [1.29, 1.82) is 0 Å². The largest absolute Gasteiger partial charge is 0.506 e. The van der Waals surface area contributed by atoms with Crippen LogP contribution in [0.15, 0.2) is 23.7 Å². The summed E-state index contributed by atoms with van der Waals surface area (Å²) in [7, 11) is 0. The van der Waals surface area contributed by atoms with Crippen molar-refractivity contribution in [1.82, 2.24) is 0 Å². The minimum absolute atomic E-state index is 0.0601. The molecule has 15 atom stereocenters. The van der Waals surface area contributed by atoms with Gasteiger partial charge in [-0.3, -0.25) is 4.79 Å². The van der Waals surface area contributed by atoms with E-state index in [-0.39, 0.29) is 36.5 Å². The predicted octanol–water partition coefficient (Wildman–Crippen LogP) is -0.918. The van der Waals surface area contributed by atoms with Crippen molar-refractivity contribution in [2.75, 3.05) is 19.8 Å². The summed E-state index contributed by atoms with van der Waals surface area (Å²) in [5.41, 5.74) is -2.25. The van der Waals surface area contributed by atoms with Crippen LogP contribution >= 0.6 is 0 Å². The lowest BCUT2D eigenvalue weighted by molar-refractivity contribution is -0.235. The van der Waals surface area contributed by atoms with Crippen molar-refractivity contribution >= 4 is 5.97 Å². The predicted molar refractivity (Wildman–Crippen MR) is 191 cm³/mol. The SMILES string of the molecule is C=C1C[C@@]23CCC4[C@@](C)(CCC[C@@]4(C)C(=O)OC(O)C(O)C(O)C(O)CCO)C2CC[C@]1(OC(O)/C(OC(O)CC(O)C(O)CCO)=C(/O)C(O)CCO)C3. The fraction of sp³-hybridized carbons (Fsp3) is 0.868. The second kappa shape index (κ2) is 18.3. The van der Waals surface area contributed by atoms with Gasteiger partial charge in [-0.05, 0) is 99.4 Å². The Balaban J connectivity index is 1.53. The number of aliphatic hydroxyl groups excluding tert-OH is 13. The number of carbonyl (C=O) groups is 1. The molecule has 4 saturated carbocycles. The number of aliphatic hydroxyl groups is 13. The third-order valence-corrected chi connectivity index (χ3v) is 13.4. The van der Waals surface area contributed by atoms with Crippen molar-refractivity contribution in [3.05, 3.63) is 23.7 Å². The highest BCUT2D eigenvalue weighted by Gasteiger charge is 2.68. The van der Waals surface area contributed by atoms with Gasteiger partial charge < -0.3 is 80.6 Å². The zero-order valence-electron chi connectivity index (χ0n) is 31.8. The van der Waals surface area contributed by atoms with Crippen LogP contribution in [0.5, 0.6) is 0 Å². The van der Waals surface area contributed by atoms with Gasteiger partial charge in [0.05, 0.1) is 29.3 Å². The molecule has 0 aliphatic heterocycles. The summed E-state index contributed by atoms with van der Waals surface area (Å²) >= 11 is 0. The summed E-state index contributed by atoms with van der Waals surface area (Å²) in [6.45, 7) is 6.85. The molecule has 17 heteroatoms. The summed E-state index contributed by atoms with van der Waals surface area (Å²) in [6, 6.07) is 0. The summed E-state index contributed by atoms with van der Waals surface area (Å²) in [6.07, 6.45) is -12.5. The smallest absolute Gasteiger partial charge is 0.314 e. The van der Waals surface area contributed by atoms with Gasteiger partial charge in [-0.2, -0.15) is 0 Å². The molecule has 55 heavy (non-hydrogen) atoms. The van der Waals surface area contributed by atoms with Crippen LogP contribution in [0.25, 0.3) is 0 Å². The molecule has 1 spiro atoms. The van der Waals surface area contributed by atoms with Crippen LogP contribution in [-0.4, -0.2) is 153 Å². The standard InChI is InChI=1S/C38H64O17/c1-20-18-37-12-5-25-35(2,10-4-11-36(25,3)34(52)54-32(50)30(49)28(47)22(43)8-15-40)26(37)6-13-38(20,19-37)55-33(51)31(29(48)23(44)9-16-41)53-27(46)17-24(45)21(42)7-14-39/h21-28,30,32-33,39-51H,1,4-19H2,2-3H3/b31-29-/t21?,22?,23?,24?,25?,26?,27?,28?,30?,32?,33?,35-,36-,37-,38+/m1/s1. The third kappa shape index (κ3) is 9.19. The van der Waals surface area contributed by atoms with Gasteiger partial charge in [0.2, 0.25) is 12.6 Å². The Morgan fingerprint density at radius 2 is 1.40 bits per heavy atom. The Labute approximate surface area is 321 Å². The van der Waals surface area contributed by atoms with E-state index in [0.717, 1.165) is 6.42 Å². The molecule has 4 rings (SSSR count). The number of ether oxygens (including phenoxy) is 3. The molecule has 0 aromatic heterocycles. The van der Waals surface area contributed by atoms with Crippen LogP contribution in [0.4, 0.5) is 0 Å². The molecule has 4 aliphatic carbocycles. The van der Waals surface area contributed by atoms with Gasteiger partial charge >= 0.3 is 5.97 Å². The first-order valence-electron chi connectivity index (χ1n) is 19.4. The van der Waals surface area contributed by atoms with Crippen molar-refractivity contribution < 1.29 is 85.4 Å². The van der Waals surface area contributed by atoms with Gasteiger partial charge in [0, 0.05) is 32.7 Å². The number of carbonyl (C=O) groups excluding carboxylic acids is 1. The average molecular weight is 793 g/mol. The number of rotatable bonds is 20. The van der Waals surface area contributed by atoms with Gasteiger partial charge in [0.1, 0.15) is 18.3 Å². The summed E-state index contributed by atoms with van der Waals surface area (Å²) in [4.78, 5) is 13.8. The Hall–Kier alpha value is -1.97. The van der Waals surface area contributed by atoms with E-state index < -0.39 is 116 Å². The number of esters is 1. The molecule has 4 fully saturated rings. The molecule has 0 aromatic rings. The zero-order valence-corrected chi connectivity index (χ0v) is 31.8. The maximum absolute atomic E-state index is 13.8. The summed E-state index contributed by atoms with van der Waals surface area (Å²) in [5, 5.41) is 132. The van der Waals surface area contributed by atoms with E-state index in [1.54, 1.807) is 6.92 Å². The molecular formula is C38H64O17. The quantitative estimate of drug-likeness (QED) is 0.0307. The first-order valence-corrected chi connectivity index (χ1v) is 19.4. The molecule has 4 aliphatic rings. The van der Waals surface area contributed by atoms with Gasteiger partial charge in [-0.15, -0.1) is 0 Å². The van der Waals surface area contributed by atoms with E-state index >= 15 is 0 Å². The average Bonchev–Trinajstić information content (AvgIpc) is 3.32. The van der Waals surface area contributed by atoms with E-state index in [0.29, 0.717) is 56.9 Å². The lowest BCUT2D eigenvalue weighted by Crippen LogP contribution is -2.60. The lowest BCUT2D eigenvalue weighted by atomic mass is 9.41. The Bertz CT molecular complexity index is 1350.